The molecule has 7 heteroatoms. The normalized spacial score (nSPS) is 11.6. The molecule has 0 atom stereocenters. The molecule has 0 spiro atoms. The molecule has 4 aromatic carbocycles. The molecule has 0 fully saturated rings. The van der Waals surface area contributed by atoms with Gasteiger partial charge < -0.3 is 4.42 Å². The van der Waals surface area contributed by atoms with Gasteiger partial charge in [-0.15, -0.1) is 0 Å². The topological polar surface area (TPSA) is 90.5 Å². The largest absolute Gasteiger partial charge is 0.456 e. The number of nitrogens with zero attached hydrogens (tertiary/aromatic N) is 6. The van der Waals surface area contributed by atoms with Gasteiger partial charge in [0.15, 0.2) is 11.6 Å². The molecule has 7 nitrogen and oxygen atoms in total. The van der Waals surface area contributed by atoms with Crippen molar-refractivity contribution in [2.45, 2.75) is 0 Å². The van der Waals surface area contributed by atoms with E-state index >= 15 is 0 Å². The van der Waals surface area contributed by atoms with E-state index in [2.05, 4.69) is 22.1 Å². The third-order valence-electron chi connectivity index (χ3n) is 8.06. The predicted molar refractivity (Wildman–Crippen MR) is 177 cm³/mol. The van der Waals surface area contributed by atoms with Gasteiger partial charge in [-0.2, -0.15) is 0 Å². The lowest BCUT2D eigenvalue weighted by atomic mass is 10.0. The summed E-state index contributed by atoms with van der Waals surface area (Å²) in [6.07, 6.45) is 7.20. The van der Waals surface area contributed by atoms with E-state index in [4.69, 9.17) is 24.4 Å². The summed E-state index contributed by atoms with van der Waals surface area (Å²) in [6.45, 7) is 0. The third-order valence-corrected chi connectivity index (χ3v) is 8.06. The summed E-state index contributed by atoms with van der Waals surface area (Å²) in [5.74, 6) is 1.28. The van der Waals surface area contributed by atoms with Gasteiger partial charge in [-0.1, -0.05) is 36.4 Å². The van der Waals surface area contributed by atoms with Crippen molar-refractivity contribution in [1.29, 1.82) is 0 Å². The number of hydrogen-bond donors (Lipinski definition) is 0. The van der Waals surface area contributed by atoms with Crippen molar-refractivity contribution in [3.05, 3.63) is 134 Å². The van der Waals surface area contributed by atoms with Crippen LogP contribution in [0, 0.1) is 0 Å². The molecular weight excluding hydrogens is 556 g/mol. The number of pyridine rings is 2. The Kier molecular flexibility index (Phi) is 5.67. The fourth-order valence-electron chi connectivity index (χ4n) is 5.91. The zero-order valence-corrected chi connectivity index (χ0v) is 23.8. The summed E-state index contributed by atoms with van der Waals surface area (Å²) in [5, 5.41) is 3.90. The average Bonchev–Trinajstić information content (AvgIpc) is 3.48. The molecule has 5 heterocycles. The van der Waals surface area contributed by atoms with Crippen molar-refractivity contribution in [2.24, 2.45) is 0 Å². The molecule has 0 aliphatic heterocycles. The molecule has 9 aromatic rings. The Bertz CT molecular complexity index is 2370. The molecule has 0 N–H and O–H groups in total. The molecule has 0 aliphatic carbocycles. The van der Waals surface area contributed by atoms with Crippen LogP contribution in [-0.4, -0.2) is 29.9 Å². The predicted octanol–water partition coefficient (Wildman–Crippen LogP) is 8.93. The highest BCUT2D eigenvalue weighted by Gasteiger charge is 2.16. The number of benzene rings is 4. The van der Waals surface area contributed by atoms with Crippen LogP contribution in [0.25, 0.3) is 89.0 Å². The Hall–Kier alpha value is -6.34. The first-order chi connectivity index (χ1) is 22.3. The highest BCUT2D eigenvalue weighted by molar-refractivity contribution is 6.07. The van der Waals surface area contributed by atoms with Crippen LogP contribution in [0.5, 0.6) is 0 Å². The molecular formula is C38H22N6O. The maximum Gasteiger partial charge on any atom is 0.160 e. The SMILES string of the molecule is c1cncc(-c2nc(-c3ccc4oc5ccc(-c6nc(-c7cccnc7)c7ccccc7n6)cc5c4c3)nc3ccccc23)c1. The Morgan fingerprint density at radius 2 is 0.889 bits per heavy atom. The van der Waals surface area contributed by atoms with Crippen molar-refractivity contribution in [2.75, 3.05) is 0 Å². The number of hydrogen-bond acceptors (Lipinski definition) is 7. The number of aromatic nitrogens is 6. The maximum atomic E-state index is 6.26. The van der Waals surface area contributed by atoms with Crippen LogP contribution in [0.3, 0.4) is 0 Å². The van der Waals surface area contributed by atoms with Crippen molar-refractivity contribution < 1.29 is 4.42 Å². The van der Waals surface area contributed by atoms with Crippen LogP contribution < -0.4 is 0 Å². The quantitative estimate of drug-likeness (QED) is 0.206. The monoisotopic (exact) mass is 578 g/mol. The van der Waals surface area contributed by atoms with Crippen molar-refractivity contribution in [3.63, 3.8) is 0 Å². The first-order valence-corrected chi connectivity index (χ1v) is 14.6. The lowest BCUT2D eigenvalue weighted by molar-refractivity contribution is 0.669. The van der Waals surface area contributed by atoms with Crippen LogP contribution in [0.2, 0.25) is 0 Å². The van der Waals surface area contributed by atoms with Crippen molar-refractivity contribution in [3.8, 4) is 45.3 Å². The minimum absolute atomic E-state index is 0.638. The van der Waals surface area contributed by atoms with Gasteiger partial charge in [0.25, 0.3) is 0 Å². The Labute approximate surface area is 256 Å². The Balaban J connectivity index is 1.21. The van der Waals surface area contributed by atoms with E-state index in [1.807, 2.05) is 109 Å². The fraction of sp³-hybridized carbons (Fsp3) is 0. The number of furan rings is 1. The second-order valence-corrected chi connectivity index (χ2v) is 10.8. The van der Waals surface area contributed by atoms with Crippen molar-refractivity contribution >= 4 is 43.7 Å². The number of fused-ring (bicyclic) bond motifs is 5. The second-order valence-electron chi connectivity index (χ2n) is 10.8. The zero-order valence-electron chi connectivity index (χ0n) is 23.8. The maximum absolute atomic E-state index is 6.26. The first kappa shape index (κ1) is 25.2. The summed E-state index contributed by atoms with van der Waals surface area (Å²) < 4.78 is 6.26. The molecule has 210 valence electrons. The third kappa shape index (κ3) is 4.29. The average molecular weight is 579 g/mol. The molecule has 0 amide bonds. The first-order valence-electron chi connectivity index (χ1n) is 14.6. The summed E-state index contributed by atoms with van der Waals surface area (Å²) in [5.41, 5.74) is 8.69. The Morgan fingerprint density at radius 1 is 0.400 bits per heavy atom. The zero-order chi connectivity index (χ0) is 29.7. The van der Waals surface area contributed by atoms with E-state index in [0.717, 1.165) is 77.4 Å². The van der Waals surface area contributed by atoms with Gasteiger partial charge >= 0.3 is 0 Å². The van der Waals surface area contributed by atoms with Crippen LogP contribution >= 0.6 is 0 Å². The van der Waals surface area contributed by atoms with Gasteiger partial charge in [0.05, 0.1) is 22.4 Å². The fourth-order valence-corrected chi connectivity index (χ4v) is 5.91. The lowest BCUT2D eigenvalue weighted by Gasteiger charge is -2.09. The standard InChI is InChI=1S/C38H22N6O/c1-3-11-31-27(9-1)35(25-7-5-17-39-21-25)43-37(41-31)23-13-15-33-29(19-23)30-20-24(14-16-34(30)45-33)38-42-32-12-4-2-10-28(32)36(44-38)26-8-6-18-40-22-26/h1-22H. The number of para-hydroxylation sites is 2. The summed E-state index contributed by atoms with van der Waals surface area (Å²) in [6, 6.07) is 36.2. The summed E-state index contributed by atoms with van der Waals surface area (Å²) in [4.78, 5) is 28.6. The van der Waals surface area contributed by atoms with Gasteiger partial charge in [-0.25, -0.2) is 19.9 Å². The van der Waals surface area contributed by atoms with Crippen molar-refractivity contribution in [1.82, 2.24) is 29.9 Å². The van der Waals surface area contributed by atoms with Crippen LogP contribution in [0.4, 0.5) is 0 Å². The van der Waals surface area contributed by atoms with Gasteiger partial charge in [-0.05, 0) is 72.8 Å². The highest BCUT2D eigenvalue weighted by atomic mass is 16.3. The van der Waals surface area contributed by atoms with Crippen LogP contribution in [0.1, 0.15) is 0 Å². The smallest absolute Gasteiger partial charge is 0.160 e. The lowest BCUT2D eigenvalue weighted by Crippen LogP contribution is -1.95. The van der Waals surface area contributed by atoms with Gasteiger partial charge in [0.2, 0.25) is 0 Å². The summed E-state index contributed by atoms with van der Waals surface area (Å²) >= 11 is 0. The molecule has 0 bridgehead atoms. The molecule has 0 saturated carbocycles. The van der Waals surface area contributed by atoms with Crippen LogP contribution in [-0.2, 0) is 0 Å². The molecule has 9 rings (SSSR count). The van der Waals surface area contributed by atoms with Gasteiger partial charge in [0.1, 0.15) is 11.2 Å². The molecule has 45 heavy (non-hydrogen) atoms. The number of rotatable bonds is 4. The van der Waals surface area contributed by atoms with Gasteiger partial charge in [-0.3, -0.25) is 9.97 Å². The van der Waals surface area contributed by atoms with Gasteiger partial charge in [0, 0.05) is 68.6 Å². The molecule has 0 saturated heterocycles. The second kappa shape index (κ2) is 10.1. The van der Waals surface area contributed by atoms with E-state index in [1.165, 1.54) is 0 Å². The minimum Gasteiger partial charge on any atom is -0.456 e. The molecule has 0 aliphatic rings. The molecule has 0 radical (unpaired) electrons. The Morgan fingerprint density at radius 3 is 1.36 bits per heavy atom. The molecule has 0 unspecified atom stereocenters. The van der Waals surface area contributed by atoms with E-state index in [-0.39, 0.29) is 0 Å². The minimum atomic E-state index is 0.638. The van der Waals surface area contributed by atoms with E-state index in [1.54, 1.807) is 12.4 Å². The summed E-state index contributed by atoms with van der Waals surface area (Å²) in [7, 11) is 0. The molecule has 5 aromatic heterocycles. The van der Waals surface area contributed by atoms with Crippen LogP contribution in [0.15, 0.2) is 138 Å². The van der Waals surface area contributed by atoms with E-state index < -0.39 is 0 Å². The van der Waals surface area contributed by atoms with E-state index in [0.29, 0.717) is 11.6 Å². The highest BCUT2D eigenvalue weighted by Crippen LogP contribution is 2.36. The van der Waals surface area contributed by atoms with E-state index in [9.17, 15) is 0 Å².